The number of hydrogen-bond acceptors (Lipinski definition) is 6. The molecule has 0 fully saturated rings. The quantitative estimate of drug-likeness (QED) is 0.136. The molecule has 0 aliphatic rings. The van der Waals surface area contributed by atoms with Gasteiger partial charge in [0.25, 0.3) is 0 Å². The monoisotopic (exact) mass is 354 g/mol. The van der Waals surface area contributed by atoms with Crippen LogP contribution in [-0.2, 0) is 19.4 Å². The van der Waals surface area contributed by atoms with Crippen LogP contribution in [-0.4, -0.2) is 64.9 Å². The number of quaternary nitrogens is 1. The predicted octanol–water partition coefficient (Wildman–Crippen LogP) is 1.83. The van der Waals surface area contributed by atoms with Crippen molar-refractivity contribution in [3.63, 3.8) is 0 Å². The summed E-state index contributed by atoms with van der Waals surface area (Å²) in [6.07, 6.45) is 7.93. The molecule has 0 atom stereocenters. The lowest BCUT2D eigenvalue weighted by Crippen LogP contribution is -2.41. The highest BCUT2D eigenvalue weighted by Gasteiger charge is 2.12. The van der Waals surface area contributed by atoms with Crippen LogP contribution in [0.5, 0.6) is 0 Å². The van der Waals surface area contributed by atoms with Crippen LogP contribution in [0.2, 0.25) is 0 Å². The zero-order valence-electron chi connectivity index (χ0n) is 15.0. The van der Waals surface area contributed by atoms with Crippen molar-refractivity contribution < 1.29 is 26.5 Å². The smallest absolute Gasteiger partial charge is 0.217 e. The second kappa shape index (κ2) is 15.0. The Hall–Kier alpha value is -0.510. The maximum atomic E-state index is 9.22. The maximum Gasteiger partial charge on any atom is 0.217 e. The van der Waals surface area contributed by atoms with E-state index in [2.05, 4.69) is 37.3 Å². The van der Waals surface area contributed by atoms with Crippen LogP contribution in [0.3, 0.4) is 0 Å². The zero-order valence-corrected chi connectivity index (χ0v) is 15.9. The molecule has 0 bridgehead atoms. The molecule has 0 rings (SSSR count). The van der Waals surface area contributed by atoms with Gasteiger partial charge in [0.15, 0.2) is 0 Å². The molecule has 0 saturated carbocycles. The van der Waals surface area contributed by atoms with Crippen LogP contribution in [0.25, 0.3) is 0 Å². The molecular weight excluding hydrogens is 320 g/mol. The molecule has 0 amide bonds. The van der Waals surface area contributed by atoms with Crippen LogP contribution in [0.15, 0.2) is 12.7 Å². The summed E-state index contributed by atoms with van der Waals surface area (Å²) in [4.78, 5) is 5.40. The molecule has 0 radical (unpaired) electrons. The first-order chi connectivity index (χ1) is 10.7. The van der Waals surface area contributed by atoms with Gasteiger partial charge in [0.2, 0.25) is 10.4 Å². The predicted molar refractivity (Wildman–Crippen MR) is 91.5 cm³/mol. The Balaban J connectivity index is 0. The van der Waals surface area contributed by atoms with Gasteiger partial charge < -0.3 is 13.9 Å². The van der Waals surface area contributed by atoms with Crippen molar-refractivity contribution in [2.45, 2.75) is 39.0 Å². The Bertz CT molecular complexity index is 372. The van der Waals surface area contributed by atoms with Gasteiger partial charge in [-0.15, -0.1) is 6.58 Å². The summed E-state index contributed by atoms with van der Waals surface area (Å²) in [5.41, 5.74) is 3.03. The van der Waals surface area contributed by atoms with E-state index in [0.717, 1.165) is 50.7 Å². The lowest BCUT2D eigenvalue weighted by atomic mass is 10.3. The molecule has 0 aromatic carbocycles. The van der Waals surface area contributed by atoms with Crippen LogP contribution in [0.4, 0.5) is 0 Å². The average Bonchev–Trinajstić information content (AvgIpc) is 2.48. The third-order valence-corrected chi connectivity index (χ3v) is 3.55. The molecule has 7 nitrogen and oxygen atoms in total. The summed E-state index contributed by atoms with van der Waals surface area (Å²) in [5, 5.41) is 0. The molecule has 0 aliphatic carbocycles. The Kier molecular flexibility index (Phi) is 16.2. The summed E-state index contributed by atoms with van der Waals surface area (Å²) < 4.78 is 32.1. The second-order valence-corrected chi connectivity index (χ2v) is 6.99. The third kappa shape index (κ3) is 23.9. The molecule has 0 aliphatic heterocycles. The largest absolute Gasteiger partial charge is 0.726 e. The molecule has 0 heterocycles. The summed E-state index contributed by atoms with van der Waals surface area (Å²) in [6, 6.07) is 0. The molecule has 0 aromatic heterocycles. The van der Waals surface area contributed by atoms with Gasteiger partial charge in [-0.2, -0.15) is 0 Å². The normalized spacial score (nSPS) is 11.7. The Morgan fingerprint density at radius 1 is 1.22 bits per heavy atom. The van der Waals surface area contributed by atoms with Gasteiger partial charge in [0, 0.05) is 19.4 Å². The van der Waals surface area contributed by atoms with Gasteiger partial charge in [-0.3, -0.25) is 4.18 Å². The minimum Gasteiger partial charge on any atom is -0.726 e. The van der Waals surface area contributed by atoms with Crippen LogP contribution in [0, 0.1) is 0 Å². The fraction of sp³-hybridized carbons (Fsp3) is 0.867. The van der Waals surface area contributed by atoms with E-state index in [4.69, 9.17) is 4.84 Å². The molecular formula is C15H34N2O5S. The highest BCUT2D eigenvalue weighted by molar-refractivity contribution is 7.80. The van der Waals surface area contributed by atoms with Crippen molar-refractivity contribution in [1.82, 2.24) is 5.48 Å². The minimum atomic E-state index is -4.41. The van der Waals surface area contributed by atoms with E-state index in [0.29, 0.717) is 0 Å². The van der Waals surface area contributed by atoms with Crippen molar-refractivity contribution in [2.75, 3.05) is 47.4 Å². The van der Waals surface area contributed by atoms with Gasteiger partial charge in [0.1, 0.15) is 0 Å². The first kappa shape index (κ1) is 24.7. The molecule has 0 spiro atoms. The van der Waals surface area contributed by atoms with Gasteiger partial charge >= 0.3 is 0 Å². The van der Waals surface area contributed by atoms with Crippen molar-refractivity contribution in [3.8, 4) is 0 Å². The standard InChI is InChI=1S/C14H31N2O.CH4O4S/c1-5-7-9-11-15-17-14-10-13-16(3,4)12-8-6-2;1-5-6(2,3)4/h6,15H,2,5,7-14H2,1,3-4H3;1H3,(H,2,3,4)/q+1;/p-1. The van der Waals surface area contributed by atoms with Crippen LogP contribution < -0.4 is 5.48 Å². The van der Waals surface area contributed by atoms with E-state index >= 15 is 0 Å². The highest BCUT2D eigenvalue weighted by atomic mass is 32.3. The van der Waals surface area contributed by atoms with Gasteiger partial charge in [-0.05, 0) is 6.42 Å². The molecule has 0 aromatic rings. The van der Waals surface area contributed by atoms with E-state index in [1.54, 1.807) is 0 Å². The fourth-order valence-electron chi connectivity index (χ4n) is 1.71. The first-order valence-electron chi connectivity index (χ1n) is 7.97. The maximum absolute atomic E-state index is 9.22. The van der Waals surface area contributed by atoms with E-state index in [-0.39, 0.29) is 0 Å². The molecule has 1 N–H and O–H groups in total. The average molecular weight is 355 g/mol. The Labute approximate surface area is 142 Å². The number of nitrogens with zero attached hydrogens (tertiary/aromatic N) is 1. The second-order valence-electron chi connectivity index (χ2n) is 5.84. The Morgan fingerprint density at radius 2 is 1.83 bits per heavy atom. The number of nitrogens with one attached hydrogen (secondary N) is 1. The topological polar surface area (TPSA) is 87.7 Å². The number of unbranched alkanes of at least 4 members (excludes halogenated alkanes) is 2. The van der Waals surface area contributed by atoms with E-state index < -0.39 is 10.4 Å². The van der Waals surface area contributed by atoms with Gasteiger partial charge in [-0.25, -0.2) is 13.9 Å². The number of hydrogen-bond donors (Lipinski definition) is 1. The molecule has 0 saturated heterocycles. The molecule has 140 valence electrons. The highest BCUT2D eigenvalue weighted by Crippen LogP contribution is 2.01. The first-order valence-corrected chi connectivity index (χ1v) is 9.31. The van der Waals surface area contributed by atoms with Gasteiger partial charge in [0.05, 0.1) is 40.9 Å². The van der Waals surface area contributed by atoms with Crippen molar-refractivity contribution in [2.24, 2.45) is 0 Å². The van der Waals surface area contributed by atoms with E-state index in [1.165, 1.54) is 19.3 Å². The SMILES string of the molecule is C=CCC[N+](C)(C)CCCONCCCCC.COS(=O)(=O)[O-]. The van der Waals surface area contributed by atoms with Crippen LogP contribution in [0.1, 0.15) is 39.0 Å². The molecule has 0 unspecified atom stereocenters. The third-order valence-electron chi connectivity index (χ3n) is 3.14. The summed E-state index contributed by atoms with van der Waals surface area (Å²) >= 11 is 0. The summed E-state index contributed by atoms with van der Waals surface area (Å²) in [5.74, 6) is 0. The Morgan fingerprint density at radius 3 is 2.30 bits per heavy atom. The molecule has 8 heteroatoms. The molecule has 23 heavy (non-hydrogen) atoms. The van der Waals surface area contributed by atoms with Gasteiger partial charge in [-0.1, -0.05) is 25.8 Å². The van der Waals surface area contributed by atoms with Crippen molar-refractivity contribution in [1.29, 1.82) is 0 Å². The van der Waals surface area contributed by atoms with Crippen LogP contribution >= 0.6 is 0 Å². The lowest BCUT2D eigenvalue weighted by Gasteiger charge is -2.29. The van der Waals surface area contributed by atoms with E-state index in [9.17, 15) is 13.0 Å². The minimum absolute atomic E-state index is 0.807. The summed E-state index contributed by atoms with van der Waals surface area (Å²) in [7, 11) is 0.920. The van der Waals surface area contributed by atoms with E-state index in [1.807, 2.05) is 6.08 Å². The lowest BCUT2D eigenvalue weighted by molar-refractivity contribution is -0.890. The zero-order chi connectivity index (χ0) is 18.2. The summed E-state index contributed by atoms with van der Waals surface area (Å²) in [6.45, 7) is 10.1. The van der Waals surface area contributed by atoms with Crippen molar-refractivity contribution >= 4 is 10.4 Å². The number of hydroxylamine groups is 1. The van der Waals surface area contributed by atoms with Crippen molar-refractivity contribution in [3.05, 3.63) is 12.7 Å². The number of rotatable bonds is 13. The fourth-order valence-corrected chi connectivity index (χ4v) is 1.71.